The number of rotatable bonds is 2. The minimum absolute atomic E-state index is 1.24. The highest BCUT2D eigenvalue weighted by Gasteiger charge is 2.16. The summed E-state index contributed by atoms with van der Waals surface area (Å²) in [6.45, 7) is 18.5. The molecule has 0 amide bonds. The molecule has 0 nitrogen and oxygen atoms in total. The molecule has 0 saturated carbocycles. The van der Waals surface area contributed by atoms with Crippen LogP contribution in [0, 0.1) is 25.3 Å². The van der Waals surface area contributed by atoms with E-state index in [-0.39, 0.29) is 0 Å². The Kier molecular flexibility index (Phi) is 5.27. The van der Waals surface area contributed by atoms with Gasteiger partial charge in [0.05, 0.1) is 8.07 Å². The lowest BCUT2D eigenvalue weighted by atomic mass is 9.93. The molecule has 0 unspecified atom stereocenters. The number of allylic oxidation sites excluding steroid dienone is 1. The molecule has 0 aliphatic carbocycles. The Morgan fingerprint density at radius 2 is 1.50 bits per heavy atom. The van der Waals surface area contributed by atoms with E-state index < -0.39 is 16.1 Å². The van der Waals surface area contributed by atoms with Gasteiger partial charge in [-0.3, -0.25) is 0 Å². The smallest absolute Gasteiger partial charge is 0.127 e. The van der Waals surface area contributed by atoms with Crippen molar-refractivity contribution in [2.24, 2.45) is 0 Å². The third-order valence-corrected chi connectivity index (χ3v) is 5.99. The minimum Gasteiger partial charge on any atom is -0.127 e. The summed E-state index contributed by atoms with van der Waals surface area (Å²) < 4.78 is 0. The van der Waals surface area contributed by atoms with Crippen molar-refractivity contribution < 1.29 is 0 Å². The summed E-state index contributed by atoms with van der Waals surface area (Å²) in [7, 11) is -2.76. The van der Waals surface area contributed by atoms with Gasteiger partial charge in [-0.05, 0) is 47.4 Å². The van der Waals surface area contributed by atoms with Gasteiger partial charge in [-0.25, -0.2) is 0 Å². The molecule has 0 radical (unpaired) electrons. The second-order valence-corrected chi connectivity index (χ2v) is 18.6. The Labute approximate surface area is 150 Å². The van der Waals surface area contributed by atoms with Gasteiger partial charge in [-0.2, -0.15) is 0 Å². The van der Waals surface area contributed by atoms with Crippen LogP contribution in [0.5, 0.6) is 0 Å². The number of hydrogen-bond acceptors (Lipinski definition) is 0. The van der Waals surface area contributed by atoms with Crippen molar-refractivity contribution in [1.29, 1.82) is 0 Å². The van der Waals surface area contributed by atoms with E-state index in [2.05, 4.69) is 101 Å². The molecule has 0 atom stereocenters. The number of benzene rings is 2. The van der Waals surface area contributed by atoms with E-state index >= 15 is 0 Å². The summed E-state index contributed by atoms with van der Waals surface area (Å²) in [5.41, 5.74) is 11.3. The van der Waals surface area contributed by atoms with E-state index in [1.165, 1.54) is 33.0 Å². The van der Waals surface area contributed by atoms with Crippen molar-refractivity contribution >= 4 is 32.5 Å². The zero-order chi connectivity index (χ0) is 18.1. The molecule has 2 heteroatoms. The maximum atomic E-state index is 3.58. The molecule has 2 aromatic carbocycles. The van der Waals surface area contributed by atoms with E-state index in [0.29, 0.717) is 0 Å². The van der Waals surface area contributed by atoms with Crippen molar-refractivity contribution in [1.82, 2.24) is 0 Å². The first-order valence-electron chi connectivity index (χ1n) is 8.73. The monoisotopic (exact) mass is 350 g/mol. The summed E-state index contributed by atoms with van der Waals surface area (Å²) in [5, 5.41) is 2.70. The van der Waals surface area contributed by atoms with Gasteiger partial charge in [-0.1, -0.05) is 75.2 Å². The fraction of sp³-hybridized carbons (Fsp3) is 0.364. The average Bonchev–Trinajstić information content (AvgIpc) is 2.45. The van der Waals surface area contributed by atoms with E-state index in [1.807, 2.05) is 0 Å². The van der Waals surface area contributed by atoms with Crippen LogP contribution < -0.4 is 0 Å². The van der Waals surface area contributed by atoms with Gasteiger partial charge in [0.25, 0.3) is 0 Å². The molecule has 0 heterocycles. The second kappa shape index (κ2) is 6.74. The van der Waals surface area contributed by atoms with Crippen molar-refractivity contribution in [3.63, 3.8) is 0 Å². The van der Waals surface area contributed by atoms with Crippen LogP contribution in [0.1, 0.15) is 16.7 Å². The third-order valence-electron chi connectivity index (χ3n) is 3.96. The van der Waals surface area contributed by atoms with Crippen LogP contribution in [0.15, 0.2) is 36.0 Å². The second-order valence-electron chi connectivity index (χ2n) is 8.84. The maximum Gasteiger partial charge on any atom is 0.129 e. The topological polar surface area (TPSA) is 0 Å². The van der Waals surface area contributed by atoms with Crippen LogP contribution in [0.2, 0.25) is 39.3 Å². The Morgan fingerprint density at radius 1 is 0.917 bits per heavy atom. The predicted octanol–water partition coefficient (Wildman–Crippen LogP) is 6.60. The molecule has 0 saturated heterocycles. The highest BCUT2D eigenvalue weighted by molar-refractivity contribution is 6.84. The zero-order valence-electron chi connectivity index (χ0n) is 16.5. The highest BCUT2D eigenvalue weighted by Crippen LogP contribution is 2.30. The standard InChI is InChI=1S/C22H30Si2/c1-17-15-22(18(2)21-12-10-9-11-20(17)21)19(16-24(6,7)8)13-14-23(3,4)5/h9-12,15-16H,1-8H3/b19-16+. The molecule has 2 rings (SSSR count). The predicted molar refractivity (Wildman–Crippen MR) is 116 cm³/mol. The van der Waals surface area contributed by atoms with E-state index in [9.17, 15) is 0 Å². The maximum absolute atomic E-state index is 3.58. The van der Waals surface area contributed by atoms with E-state index in [4.69, 9.17) is 0 Å². The SMILES string of the molecule is Cc1cc(/C(C#C[Si](C)(C)C)=C/[Si](C)(C)C)c(C)c2ccccc12. The third kappa shape index (κ3) is 4.72. The first-order valence-corrected chi connectivity index (χ1v) is 15.8. The van der Waals surface area contributed by atoms with Crippen molar-refractivity contribution in [3.8, 4) is 11.5 Å². The molecule has 0 spiro atoms. The van der Waals surface area contributed by atoms with Gasteiger partial charge in [-0.15, -0.1) is 5.54 Å². The van der Waals surface area contributed by atoms with Crippen LogP contribution in [0.3, 0.4) is 0 Å². The summed E-state index contributed by atoms with van der Waals surface area (Å²) >= 11 is 0. The lowest BCUT2D eigenvalue weighted by Crippen LogP contribution is -2.18. The van der Waals surface area contributed by atoms with Gasteiger partial charge >= 0.3 is 0 Å². The molecular weight excluding hydrogens is 320 g/mol. The molecule has 0 aliphatic heterocycles. The van der Waals surface area contributed by atoms with Crippen molar-refractivity contribution in [3.05, 3.63) is 52.7 Å². The Balaban J connectivity index is 2.75. The summed E-state index contributed by atoms with van der Waals surface area (Å²) in [6.07, 6.45) is 0. The number of hydrogen-bond donors (Lipinski definition) is 0. The molecule has 24 heavy (non-hydrogen) atoms. The molecule has 0 fully saturated rings. The summed E-state index contributed by atoms with van der Waals surface area (Å²) in [6, 6.07) is 11.0. The Bertz CT molecular complexity index is 848. The summed E-state index contributed by atoms with van der Waals surface area (Å²) in [5.74, 6) is 3.57. The van der Waals surface area contributed by atoms with Crippen LogP contribution in [-0.4, -0.2) is 16.1 Å². The first-order chi connectivity index (χ1) is 11.0. The van der Waals surface area contributed by atoms with Gasteiger partial charge in [0.2, 0.25) is 0 Å². The quantitative estimate of drug-likeness (QED) is 0.423. The van der Waals surface area contributed by atoms with E-state index in [0.717, 1.165) is 0 Å². The fourth-order valence-electron chi connectivity index (χ4n) is 2.85. The molecule has 126 valence electrons. The van der Waals surface area contributed by atoms with Crippen molar-refractivity contribution in [2.75, 3.05) is 0 Å². The number of fused-ring (bicyclic) bond motifs is 1. The normalized spacial score (nSPS) is 12.9. The van der Waals surface area contributed by atoms with Gasteiger partial charge in [0, 0.05) is 5.57 Å². The lowest BCUT2D eigenvalue weighted by molar-refractivity contribution is 1.42. The summed E-state index contributed by atoms with van der Waals surface area (Å²) in [4.78, 5) is 0. The molecule has 2 aromatic rings. The van der Waals surface area contributed by atoms with Gasteiger partial charge in [0.15, 0.2) is 0 Å². The highest BCUT2D eigenvalue weighted by atomic mass is 28.3. The Hall–Kier alpha value is -1.57. The first kappa shape index (κ1) is 18.8. The van der Waals surface area contributed by atoms with Crippen LogP contribution in [0.25, 0.3) is 16.3 Å². The fourth-order valence-corrected chi connectivity index (χ4v) is 4.45. The van der Waals surface area contributed by atoms with Crippen LogP contribution >= 0.6 is 0 Å². The molecule has 0 N–H and O–H groups in total. The minimum atomic E-state index is -1.40. The van der Waals surface area contributed by atoms with Gasteiger partial charge in [0.1, 0.15) is 8.07 Å². The largest absolute Gasteiger partial charge is 0.129 e. The van der Waals surface area contributed by atoms with Crippen LogP contribution in [-0.2, 0) is 0 Å². The Morgan fingerprint density at radius 3 is 2.04 bits per heavy atom. The van der Waals surface area contributed by atoms with E-state index in [1.54, 1.807) is 0 Å². The average molecular weight is 351 g/mol. The van der Waals surface area contributed by atoms with Crippen LogP contribution in [0.4, 0.5) is 0 Å². The lowest BCUT2D eigenvalue weighted by Gasteiger charge is -2.16. The van der Waals surface area contributed by atoms with Gasteiger partial charge < -0.3 is 0 Å². The van der Waals surface area contributed by atoms with Crippen molar-refractivity contribution in [2.45, 2.75) is 53.1 Å². The molecular formula is C22H30Si2. The molecule has 0 aliphatic rings. The molecule has 0 aromatic heterocycles. The molecule has 0 bridgehead atoms. The zero-order valence-corrected chi connectivity index (χ0v) is 18.5. The number of aryl methyl sites for hydroxylation is 2.